The largest absolute Gasteiger partial charge is 0.417 e. The molecule has 1 saturated heterocycles. The van der Waals surface area contributed by atoms with Gasteiger partial charge in [-0.1, -0.05) is 42.5 Å². The minimum Gasteiger partial charge on any atom is -0.395 e. The van der Waals surface area contributed by atoms with E-state index < -0.39 is 26.7 Å². The van der Waals surface area contributed by atoms with E-state index in [1.54, 1.807) is 13.0 Å². The molecule has 0 amide bonds. The van der Waals surface area contributed by atoms with Gasteiger partial charge in [-0.25, -0.2) is 17.1 Å². The fraction of sp³-hybridized carbons (Fsp3) is 0.419. The maximum atomic E-state index is 13.9. The molecule has 0 spiro atoms. The number of benzene rings is 3. The zero-order chi connectivity index (χ0) is 30.1. The summed E-state index contributed by atoms with van der Waals surface area (Å²) in [4.78, 5) is 1.43. The third-order valence-corrected chi connectivity index (χ3v) is 10.3. The summed E-state index contributed by atoms with van der Waals surface area (Å²) in [6, 6.07) is 15.7. The Labute approximate surface area is 239 Å². The first-order valence-electron chi connectivity index (χ1n) is 13.6. The van der Waals surface area contributed by atoms with Crippen LogP contribution >= 0.6 is 0 Å². The normalized spacial score (nSPS) is 19.9. The van der Waals surface area contributed by atoms with Gasteiger partial charge in [0.15, 0.2) is 0 Å². The lowest BCUT2D eigenvalue weighted by Gasteiger charge is -2.54. The molecule has 1 heterocycles. The van der Waals surface area contributed by atoms with Gasteiger partial charge < -0.3 is 5.11 Å². The van der Waals surface area contributed by atoms with Crippen molar-refractivity contribution in [1.29, 1.82) is 0 Å². The number of likely N-dealkylation sites (tertiary alicyclic amines) is 1. The number of unbranched alkanes of at least 4 members (excludes halogenated alkanes) is 1. The number of halogens is 4. The van der Waals surface area contributed by atoms with E-state index >= 15 is 0 Å². The Balaban J connectivity index is 1.35. The molecule has 3 aromatic rings. The Kier molecular flexibility index (Phi) is 9.28. The van der Waals surface area contributed by atoms with Crippen molar-refractivity contribution in [2.24, 2.45) is 0 Å². The van der Waals surface area contributed by atoms with Crippen LogP contribution < -0.4 is 0 Å². The van der Waals surface area contributed by atoms with Crippen LogP contribution in [0.4, 0.5) is 17.6 Å². The minimum absolute atomic E-state index is 0.0322. The van der Waals surface area contributed by atoms with Crippen molar-refractivity contribution in [3.8, 4) is 11.1 Å². The zero-order valence-electron chi connectivity index (χ0n) is 23.6. The Morgan fingerprint density at radius 1 is 0.951 bits per heavy atom. The smallest absolute Gasteiger partial charge is 0.395 e. The fourth-order valence-electron chi connectivity index (χ4n) is 5.85. The van der Waals surface area contributed by atoms with Crippen molar-refractivity contribution < 1.29 is 31.1 Å². The number of hydrogen-bond acceptors (Lipinski definition) is 4. The zero-order valence-corrected chi connectivity index (χ0v) is 24.4. The highest BCUT2D eigenvalue weighted by Gasteiger charge is 2.45. The van der Waals surface area contributed by atoms with E-state index in [9.17, 15) is 31.1 Å². The van der Waals surface area contributed by atoms with Gasteiger partial charge in [-0.15, -0.1) is 0 Å². The predicted octanol–water partition coefficient (Wildman–Crippen LogP) is 6.38. The third-order valence-electron chi connectivity index (χ3n) is 8.42. The number of rotatable bonds is 10. The van der Waals surface area contributed by atoms with Crippen molar-refractivity contribution in [2.45, 2.75) is 62.7 Å². The molecule has 222 valence electrons. The van der Waals surface area contributed by atoms with E-state index in [2.05, 4.69) is 11.8 Å². The highest BCUT2D eigenvalue weighted by molar-refractivity contribution is 7.89. The molecule has 0 saturated carbocycles. The Hall–Kier alpha value is -2.79. The van der Waals surface area contributed by atoms with Gasteiger partial charge in [0.25, 0.3) is 0 Å². The van der Waals surface area contributed by atoms with Gasteiger partial charge in [0.1, 0.15) is 5.82 Å². The minimum atomic E-state index is -4.77. The Morgan fingerprint density at radius 3 is 2.24 bits per heavy atom. The molecule has 0 radical (unpaired) electrons. The van der Waals surface area contributed by atoms with Gasteiger partial charge in [-0.3, -0.25) is 4.90 Å². The summed E-state index contributed by atoms with van der Waals surface area (Å²) in [6.07, 6.45) is -3.69. The van der Waals surface area contributed by atoms with Gasteiger partial charge in [0.2, 0.25) is 10.0 Å². The summed E-state index contributed by atoms with van der Waals surface area (Å²) in [5.41, 5.74) is 3.43. The monoisotopic (exact) mass is 592 g/mol. The van der Waals surface area contributed by atoms with E-state index in [0.29, 0.717) is 24.9 Å². The molecule has 1 fully saturated rings. The summed E-state index contributed by atoms with van der Waals surface area (Å²) in [5.74, 6) is -0.107. The molecule has 1 aliphatic heterocycles. The molecule has 1 aliphatic rings. The van der Waals surface area contributed by atoms with E-state index in [-0.39, 0.29) is 37.0 Å². The number of hydrogen-bond donors (Lipinski definition) is 1. The summed E-state index contributed by atoms with van der Waals surface area (Å²) in [6.45, 7) is 6.43. The average Bonchev–Trinajstić information content (AvgIpc) is 2.94. The second-order valence-electron chi connectivity index (χ2n) is 10.7. The Bertz CT molecular complexity index is 1480. The van der Waals surface area contributed by atoms with Crippen molar-refractivity contribution in [2.75, 3.05) is 26.7 Å². The maximum absolute atomic E-state index is 13.9. The van der Waals surface area contributed by atoms with Gasteiger partial charge in [-0.2, -0.15) is 13.2 Å². The van der Waals surface area contributed by atoms with E-state index in [1.807, 2.05) is 31.2 Å². The van der Waals surface area contributed by atoms with Gasteiger partial charge in [-0.05, 0) is 86.2 Å². The highest BCUT2D eigenvalue weighted by atomic mass is 32.2. The first-order valence-corrected chi connectivity index (χ1v) is 15.1. The Morgan fingerprint density at radius 2 is 1.61 bits per heavy atom. The predicted molar refractivity (Wildman–Crippen MR) is 152 cm³/mol. The van der Waals surface area contributed by atoms with Crippen LogP contribution in [0.15, 0.2) is 65.6 Å². The van der Waals surface area contributed by atoms with Crippen LogP contribution in [0.5, 0.6) is 0 Å². The molecule has 3 aromatic carbocycles. The molecule has 3 unspecified atom stereocenters. The molecular formula is C31H36F4N2O3S. The standard InChI is InChI=1S/C31H36F4N2O3S/c1-20-21(2)27(32)16-15-25(20)23-11-13-24(14-12-23)30-22(3)37(28(30)19-38)18-8-7-17-36(4)41(39,40)29-10-6-5-9-26(29)31(33,34)35/h5-6,9-16,22,28,30,38H,7-8,17-19H2,1-4H3. The van der Waals surface area contributed by atoms with Gasteiger partial charge in [0.05, 0.1) is 17.1 Å². The summed E-state index contributed by atoms with van der Waals surface area (Å²) >= 11 is 0. The number of nitrogens with zero attached hydrogens (tertiary/aromatic N) is 2. The number of sulfonamides is 1. The molecule has 4 rings (SSSR count). The lowest BCUT2D eigenvalue weighted by Crippen LogP contribution is -2.62. The lowest BCUT2D eigenvalue weighted by atomic mass is 9.75. The second-order valence-corrected chi connectivity index (χ2v) is 12.8. The molecule has 10 heteroatoms. The van der Waals surface area contributed by atoms with Gasteiger partial charge >= 0.3 is 6.18 Å². The topological polar surface area (TPSA) is 60.9 Å². The second kappa shape index (κ2) is 12.2. The number of aliphatic hydroxyl groups excluding tert-OH is 1. The van der Waals surface area contributed by atoms with Crippen LogP contribution in [-0.2, 0) is 16.2 Å². The third kappa shape index (κ3) is 6.21. The molecule has 0 aromatic heterocycles. The number of aliphatic hydroxyl groups is 1. The van der Waals surface area contributed by atoms with Crippen LogP contribution in [0, 0.1) is 19.7 Å². The summed E-state index contributed by atoms with van der Waals surface area (Å²) < 4.78 is 80.7. The van der Waals surface area contributed by atoms with E-state index in [4.69, 9.17) is 0 Å². The number of alkyl halides is 3. The van der Waals surface area contributed by atoms with Crippen LogP contribution in [0.1, 0.15) is 47.9 Å². The molecule has 0 aliphatic carbocycles. The van der Waals surface area contributed by atoms with E-state index in [0.717, 1.165) is 38.7 Å². The summed E-state index contributed by atoms with van der Waals surface area (Å²) in [7, 11) is -3.01. The molecule has 0 bridgehead atoms. The highest BCUT2D eigenvalue weighted by Crippen LogP contribution is 2.41. The van der Waals surface area contributed by atoms with Crippen molar-refractivity contribution in [3.05, 3.63) is 88.7 Å². The molecule has 3 atom stereocenters. The molecular weight excluding hydrogens is 556 g/mol. The van der Waals surface area contributed by atoms with Crippen LogP contribution in [0.2, 0.25) is 0 Å². The molecule has 1 N–H and O–H groups in total. The van der Waals surface area contributed by atoms with E-state index in [1.165, 1.54) is 25.2 Å². The van der Waals surface area contributed by atoms with Crippen LogP contribution in [0.25, 0.3) is 11.1 Å². The van der Waals surface area contributed by atoms with Crippen LogP contribution in [-0.4, -0.2) is 61.6 Å². The first kappa shape index (κ1) is 31.2. The quantitative estimate of drug-likeness (QED) is 0.219. The van der Waals surface area contributed by atoms with Crippen molar-refractivity contribution >= 4 is 10.0 Å². The maximum Gasteiger partial charge on any atom is 0.417 e. The van der Waals surface area contributed by atoms with Gasteiger partial charge in [0, 0.05) is 31.6 Å². The van der Waals surface area contributed by atoms with Crippen LogP contribution in [0.3, 0.4) is 0 Å². The molecule has 5 nitrogen and oxygen atoms in total. The first-order chi connectivity index (χ1) is 19.3. The lowest BCUT2D eigenvalue weighted by molar-refractivity contribution is -0.139. The SMILES string of the molecule is Cc1c(F)ccc(-c2ccc(C3C(C)N(CCCCN(C)S(=O)(=O)c4ccccc4C(F)(F)F)C3CO)cc2)c1C. The van der Waals surface area contributed by atoms with Crippen molar-refractivity contribution in [3.63, 3.8) is 0 Å². The molecule has 41 heavy (non-hydrogen) atoms. The average molecular weight is 593 g/mol. The summed E-state index contributed by atoms with van der Waals surface area (Å²) in [5, 5.41) is 10.1. The van der Waals surface area contributed by atoms with Crippen molar-refractivity contribution in [1.82, 2.24) is 9.21 Å². The fourth-order valence-corrected chi connectivity index (χ4v) is 7.27.